The van der Waals surface area contributed by atoms with Gasteiger partial charge in [0.25, 0.3) is 0 Å². The molecule has 0 aliphatic rings. The van der Waals surface area contributed by atoms with Gasteiger partial charge in [-0.3, -0.25) is 0 Å². The summed E-state index contributed by atoms with van der Waals surface area (Å²) < 4.78 is 5.33. The standard InChI is InChI=1S/C15H14O3S/c1-10(9-15(16)17)13-7-8-14(19-13)11-5-3-4-6-12(11)18-2/h3-9H,1-2H3,(H,16,17)/b10-9+. The van der Waals surface area contributed by atoms with Crippen LogP contribution in [0.5, 0.6) is 5.75 Å². The number of hydrogen-bond donors (Lipinski definition) is 1. The minimum atomic E-state index is -0.926. The molecule has 0 fully saturated rings. The lowest BCUT2D eigenvalue weighted by Gasteiger charge is -2.05. The van der Waals surface area contributed by atoms with Crippen molar-refractivity contribution in [3.05, 3.63) is 47.4 Å². The Hall–Kier alpha value is -2.07. The predicted molar refractivity (Wildman–Crippen MR) is 77.6 cm³/mol. The van der Waals surface area contributed by atoms with Crippen molar-refractivity contribution in [2.24, 2.45) is 0 Å². The molecule has 0 aliphatic carbocycles. The number of carbonyl (C=O) groups is 1. The van der Waals surface area contributed by atoms with Crippen molar-refractivity contribution in [1.29, 1.82) is 0 Å². The number of para-hydroxylation sites is 1. The second-order valence-corrected chi connectivity index (χ2v) is 5.11. The normalized spacial score (nSPS) is 11.4. The Morgan fingerprint density at radius 1 is 1.26 bits per heavy atom. The van der Waals surface area contributed by atoms with Gasteiger partial charge in [-0.15, -0.1) is 11.3 Å². The molecule has 2 aromatic rings. The lowest BCUT2D eigenvalue weighted by atomic mass is 10.1. The summed E-state index contributed by atoms with van der Waals surface area (Å²) in [6, 6.07) is 11.7. The molecular formula is C15H14O3S. The molecule has 1 heterocycles. The van der Waals surface area contributed by atoms with Crippen LogP contribution in [0.15, 0.2) is 42.5 Å². The summed E-state index contributed by atoms with van der Waals surface area (Å²) in [6.45, 7) is 1.80. The van der Waals surface area contributed by atoms with Gasteiger partial charge in [0.05, 0.1) is 7.11 Å². The van der Waals surface area contributed by atoms with Crippen molar-refractivity contribution >= 4 is 22.9 Å². The highest BCUT2D eigenvalue weighted by molar-refractivity contribution is 7.16. The number of methoxy groups -OCH3 is 1. The van der Waals surface area contributed by atoms with Crippen LogP contribution >= 0.6 is 11.3 Å². The van der Waals surface area contributed by atoms with Crippen molar-refractivity contribution in [2.45, 2.75) is 6.92 Å². The lowest BCUT2D eigenvalue weighted by molar-refractivity contribution is -0.131. The topological polar surface area (TPSA) is 46.5 Å². The Balaban J connectivity index is 2.38. The van der Waals surface area contributed by atoms with Gasteiger partial charge in [-0.2, -0.15) is 0 Å². The summed E-state index contributed by atoms with van der Waals surface area (Å²) in [5.41, 5.74) is 1.77. The first-order valence-electron chi connectivity index (χ1n) is 5.76. The van der Waals surface area contributed by atoms with Gasteiger partial charge in [0.1, 0.15) is 5.75 Å². The fourth-order valence-corrected chi connectivity index (χ4v) is 2.81. The largest absolute Gasteiger partial charge is 0.496 e. The molecule has 0 aliphatic heterocycles. The molecule has 0 atom stereocenters. The van der Waals surface area contributed by atoms with Gasteiger partial charge in [-0.1, -0.05) is 12.1 Å². The fourth-order valence-electron chi connectivity index (χ4n) is 1.80. The number of aliphatic carboxylic acids is 1. The van der Waals surface area contributed by atoms with Gasteiger partial charge in [0.15, 0.2) is 0 Å². The number of ether oxygens (including phenoxy) is 1. The summed E-state index contributed by atoms with van der Waals surface area (Å²) >= 11 is 1.55. The van der Waals surface area contributed by atoms with E-state index in [0.29, 0.717) is 0 Å². The molecule has 1 N–H and O–H groups in total. The zero-order valence-electron chi connectivity index (χ0n) is 10.7. The third-order valence-corrected chi connectivity index (χ3v) is 3.96. The van der Waals surface area contributed by atoms with Crippen LogP contribution in [-0.2, 0) is 4.79 Å². The van der Waals surface area contributed by atoms with E-state index in [1.54, 1.807) is 25.4 Å². The first-order chi connectivity index (χ1) is 9.11. The number of thiophene rings is 1. The molecule has 2 rings (SSSR count). The molecule has 1 aromatic heterocycles. The minimum Gasteiger partial charge on any atom is -0.496 e. The summed E-state index contributed by atoms with van der Waals surface area (Å²) in [6.07, 6.45) is 1.22. The van der Waals surface area contributed by atoms with Crippen LogP contribution in [0.25, 0.3) is 16.0 Å². The minimum absolute atomic E-state index is 0.749. The zero-order valence-corrected chi connectivity index (χ0v) is 11.5. The first-order valence-corrected chi connectivity index (χ1v) is 6.58. The molecule has 3 nitrogen and oxygen atoms in total. The van der Waals surface area contributed by atoms with E-state index in [1.807, 2.05) is 36.4 Å². The van der Waals surface area contributed by atoms with Crippen molar-refractivity contribution < 1.29 is 14.6 Å². The highest BCUT2D eigenvalue weighted by atomic mass is 32.1. The van der Waals surface area contributed by atoms with E-state index in [0.717, 1.165) is 26.6 Å². The van der Waals surface area contributed by atoms with E-state index in [4.69, 9.17) is 9.84 Å². The number of allylic oxidation sites excluding steroid dienone is 1. The second kappa shape index (κ2) is 5.71. The van der Waals surface area contributed by atoms with Crippen LogP contribution in [0.4, 0.5) is 0 Å². The van der Waals surface area contributed by atoms with E-state index in [1.165, 1.54) is 6.08 Å². The molecule has 98 valence electrons. The molecule has 0 saturated heterocycles. The maximum Gasteiger partial charge on any atom is 0.328 e. The SMILES string of the molecule is COc1ccccc1-c1ccc(/C(C)=C/C(=O)O)s1. The Kier molecular flexibility index (Phi) is 4.02. The Morgan fingerprint density at radius 3 is 2.68 bits per heavy atom. The first kappa shape index (κ1) is 13.4. The average molecular weight is 274 g/mol. The third-order valence-electron chi connectivity index (χ3n) is 2.71. The molecule has 4 heteroatoms. The van der Waals surface area contributed by atoms with Gasteiger partial charge in [0.2, 0.25) is 0 Å². The van der Waals surface area contributed by atoms with Crippen LogP contribution in [0.3, 0.4) is 0 Å². The fraction of sp³-hybridized carbons (Fsp3) is 0.133. The predicted octanol–water partition coefficient (Wildman–Crippen LogP) is 3.91. The Bertz CT molecular complexity index is 626. The van der Waals surface area contributed by atoms with Gasteiger partial charge in [-0.05, 0) is 36.8 Å². The molecule has 0 saturated carbocycles. The highest BCUT2D eigenvalue weighted by Crippen LogP contribution is 2.36. The monoisotopic (exact) mass is 274 g/mol. The van der Waals surface area contributed by atoms with Crippen molar-refractivity contribution in [3.63, 3.8) is 0 Å². The Labute approximate surface area is 115 Å². The maximum atomic E-state index is 10.7. The van der Waals surface area contributed by atoms with Crippen molar-refractivity contribution in [3.8, 4) is 16.2 Å². The quantitative estimate of drug-likeness (QED) is 0.860. The van der Waals surface area contributed by atoms with Crippen LogP contribution in [0, 0.1) is 0 Å². The molecule has 0 amide bonds. The number of carboxylic acids is 1. The van der Waals surface area contributed by atoms with Crippen LogP contribution in [0.2, 0.25) is 0 Å². The molecular weight excluding hydrogens is 260 g/mol. The molecule has 19 heavy (non-hydrogen) atoms. The summed E-state index contributed by atoms with van der Waals surface area (Å²) in [5.74, 6) is -0.111. The lowest BCUT2D eigenvalue weighted by Crippen LogP contribution is -1.88. The number of hydrogen-bond acceptors (Lipinski definition) is 3. The molecule has 1 aromatic carbocycles. The third kappa shape index (κ3) is 3.03. The van der Waals surface area contributed by atoms with E-state index in [9.17, 15) is 4.79 Å². The van der Waals surface area contributed by atoms with Crippen molar-refractivity contribution in [1.82, 2.24) is 0 Å². The Morgan fingerprint density at radius 2 is 2.00 bits per heavy atom. The molecule has 0 bridgehead atoms. The van der Waals surface area contributed by atoms with Crippen LogP contribution < -0.4 is 4.74 Å². The van der Waals surface area contributed by atoms with E-state index >= 15 is 0 Å². The van der Waals surface area contributed by atoms with Crippen molar-refractivity contribution in [2.75, 3.05) is 7.11 Å². The highest BCUT2D eigenvalue weighted by Gasteiger charge is 2.09. The van der Waals surface area contributed by atoms with E-state index in [2.05, 4.69) is 0 Å². The zero-order chi connectivity index (χ0) is 13.8. The van der Waals surface area contributed by atoms with Gasteiger partial charge < -0.3 is 9.84 Å². The summed E-state index contributed by atoms with van der Waals surface area (Å²) in [4.78, 5) is 12.7. The van der Waals surface area contributed by atoms with Crippen LogP contribution in [-0.4, -0.2) is 18.2 Å². The smallest absolute Gasteiger partial charge is 0.328 e. The van der Waals surface area contributed by atoms with Crippen LogP contribution in [0.1, 0.15) is 11.8 Å². The summed E-state index contributed by atoms with van der Waals surface area (Å²) in [7, 11) is 1.64. The summed E-state index contributed by atoms with van der Waals surface area (Å²) in [5, 5.41) is 8.76. The van der Waals surface area contributed by atoms with E-state index in [-0.39, 0.29) is 0 Å². The number of rotatable bonds is 4. The number of carboxylic acid groups (broad SMARTS) is 1. The molecule has 0 unspecified atom stereocenters. The van der Waals surface area contributed by atoms with Gasteiger partial charge >= 0.3 is 5.97 Å². The number of benzene rings is 1. The van der Waals surface area contributed by atoms with Gasteiger partial charge in [-0.25, -0.2) is 4.79 Å². The maximum absolute atomic E-state index is 10.7. The molecule has 0 spiro atoms. The second-order valence-electron chi connectivity index (χ2n) is 4.03. The molecule has 0 radical (unpaired) electrons. The van der Waals surface area contributed by atoms with E-state index < -0.39 is 5.97 Å². The average Bonchev–Trinajstić information content (AvgIpc) is 2.87. The van der Waals surface area contributed by atoms with Gasteiger partial charge in [0, 0.05) is 21.4 Å².